The van der Waals surface area contributed by atoms with Gasteiger partial charge in [0.2, 0.25) is 10.0 Å². The maximum atomic E-state index is 11.5. The van der Waals surface area contributed by atoms with Crippen molar-refractivity contribution in [2.75, 3.05) is 23.7 Å². The van der Waals surface area contributed by atoms with Gasteiger partial charge in [-0.2, -0.15) is 0 Å². The van der Waals surface area contributed by atoms with Gasteiger partial charge >= 0.3 is 0 Å². The van der Waals surface area contributed by atoms with Crippen molar-refractivity contribution in [1.29, 1.82) is 0 Å². The maximum absolute atomic E-state index is 11.5. The van der Waals surface area contributed by atoms with E-state index in [0.717, 1.165) is 5.56 Å². The van der Waals surface area contributed by atoms with Crippen LogP contribution in [0.2, 0.25) is 0 Å². The van der Waals surface area contributed by atoms with E-state index in [1.54, 1.807) is 6.07 Å². The van der Waals surface area contributed by atoms with Gasteiger partial charge in [0, 0.05) is 13.1 Å². The van der Waals surface area contributed by atoms with Gasteiger partial charge in [-0.05, 0) is 24.6 Å². The highest BCUT2D eigenvalue weighted by Gasteiger charge is 2.15. The van der Waals surface area contributed by atoms with Crippen LogP contribution in [0.3, 0.4) is 0 Å². The van der Waals surface area contributed by atoms with Gasteiger partial charge in [0.25, 0.3) is 0 Å². The van der Waals surface area contributed by atoms with Crippen LogP contribution in [-0.2, 0) is 10.0 Å². The van der Waals surface area contributed by atoms with Crippen molar-refractivity contribution in [3.05, 3.63) is 29.8 Å². The molecule has 0 amide bonds. The summed E-state index contributed by atoms with van der Waals surface area (Å²) >= 11 is 0. The Labute approximate surface area is 90.8 Å². The number of aryl methyl sites for hydroxylation is 1. The number of nitrogens with two attached hydrogens (primary N) is 1. The molecular weight excluding hydrogens is 212 g/mol. The Bertz CT molecular complexity index is 429. The van der Waals surface area contributed by atoms with E-state index in [0.29, 0.717) is 18.8 Å². The second kappa shape index (κ2) is 4.63. The van der Waals surface area contributed by atoms with Crippen LogP contribution in [0, 0.1) is 6.92 Å². The topological polar surface area (TPSA) is 63.4 Å². The smallest absolute Gasteiger partial charge is 0.232 e. The van der Waals surface area contributed by atoms with Crippen molar-refractivity contribution >= 4 is 15.7 Å². The Kier molecular flexibility index (Phi) is 3.71. The molecule has 0 aliphatic carbocycles. The lowest BCUT2D eigenvalue weighted by molar-refractivity contribution is 0.597. The molecule has 84 valence electrons. The number of rotatable bonds is 4. The van der Waals surface area contributed by atoms with Crippen LogP contribution in [0.4, 0.5) is 5.69 Å². The zero-order valence-corrected chi connectivity index (χ0v) is 9.79. The molecule has 0 heterocycles. The molecule has 5 heteroatoms. The molecule has 0 fully saturated rings. The van der Waals surface area contributed by atoms with Crippen molar-refractivity contribution in [3.8, 4) is 0 Å². The summed E-state index contributed by atoms with van der Waals surface area (Å²) < 4.78 is 24.3. The van der Waals surface area contributed by atoms with E-state index in [1.807, 2.05) is 25.1 Å². The predicted molar refractivity (Wildman–Crippen MR) is 62.4 cm³/mol. The number of sulfonamides is 1. The van der Waals surface area contributed by atoms with E-state index in [4.69, 9.17) is 5.73 Å². The van der Waals surface area contributed by atoms with Crippen LogP contribution in [0.5, 0.6) is 0 Å². The summed E-state index contributed by atoms with van der Waals surface area (Å²) in [5, 5.41) is 0. The third kappa shape index (κ3) is 3.21. The molecule has 0 bridgehead atoms. The van der Waals surface area contributed by atoms with Gasteiger partial charge < -0.3 is 5.73 Å². The molecule has 0 radical (unpaired) electrons. The lowest BCUT2D eigenvalue weighted by Gasteiger charge is -2.21. The molecular formula is C10H16N2O2S. The Balaban J connectivity index is 3.10. The monoisotopic (exact) mass is 228 g/mol. The SMILES string of the molecule is Cc1cccc(N(CCN)S(C)(=O)=O)c1. The Morgan fingerprint density at radius 1 is 1.40 bits per heavy atom. The molecule has 0 atom stereocenters. The molecule has 1 aromatic carbocycles. The highest BCUT2D eigenvalue weighted by Crippen LogP contribution is 2.17. The average molecular weight is 228 g/mol. The fourth-order valence-corrected chi connectivity index (χ4v) is 2.32. The summed E-state index contributed by atoms with van der Waals surface area (Å²) in [7, 11) is -3.24. The van der Waals surface area contributed by atoms with Gasteiger partial charge in [0.05, 0.1) is 11.9 Å². The first-order chi connectivity index (χ1) is 6.95. The van der Waals surface area contributed by atoms with Crippen LogP contribution in [0.25, 0.3) is 0 Å². The second-order valence-electron chi connectivity index (χ2n) is 3.46. The Hall–Kier alpha value is -1.07. The molecule has 1 aromatic rings. The van der Waals surface area contributed by atoms with Crippen molar-refractivity contribution in [1.82, 2.24) is 0 Å². The van der Waals surface area contributed by atoms with E-state index < -0.39 is 10.0 Å². The first kappa shape index (κ1) is 12.0. The summed E-state index contributed by atoms with van der Waals surface area (Å²) in [5.41, 5.74) is 7.09. The van der Waals surface area contributed by atoms with Crippen LogP contribution in [0.1, 0.15) is 5.56 Å². The maximum Gasteiger partial charge on any atom is 0.232 e. The summed E-state index contributed by atoms with van der Waals surface area (Å²) in [5.74, 6) is 0. The molecule has 1 rings (SSSR count). The van der Waals surface area contributed by atoms with Gasteiger partial charge in [0.1, 0.15) is 0 Å². The van der Waals surface area contributed by atoms with Gasteiger partial charge in [0.15, 0.2) is 0 Å². The number of nitrogens with zero attached hydrogens (tertiary/aromatic N) is 1. The summed E-state index contributed by atoms with van der Waals surface area (Å²) in [6, 6.07) is 7.35. The zero-order valence-electron chi connectivity index (χ0n) is 8.97. The standard InChI is InChI=1S/C10H16N2O2S/c1-9-4-3-5-10(8-9)12(7-6-11)15(2,13)14/h3-5,8H,6-7,11H2,1-2H3. The first-order valence-electron chi connectivity index (χ1n) is 4.69. The normalized spacial score (nSPS) is 11.4. The second-order valence-corrected chi connectivity index (χ2v) is 5.37. The van der Waals surface area contributed by atoms with Crippen molar-refractivity contribution in [2.45, 2.75) is 6.92 Å². The molecule has 15 heavy (non-hydrogen) atoms. The van der Waals surface area contributed by atoms with Crippen LogP contribution in [0.15, 0.2) is 24.3 Å². The Morgan fingerprint density at radius 3 is 2.53 bits per heavy atom. The zero-order chi connectivity index (χ0) is 11.5. The van der Waals surface area contributed by atoms with Crippen LogP contribution < -0.4 is 10.0 Å². The highest BCUT2D eigenvalue weighted by molar-refractivity contribution is 7.92. The van der Waals surface area contributed by atoms with E-state index >= 15 is 0 Å². The lowest BCUT2D eigenvalue weighted by Crippen LogP contribution is -2.34. The molecule has 0 aromatic heterocycles. The molecule has 0 saturated carbocycles. The summed E-state index contributed by atoms with van der Waals surface area (Å²) in [4.78, 5) is 0. The van der Waals surface area contributed by atoms with E-state index in [-0.39, 0.29) is 0 Å². The van der Waals surface area contributed by atoms with Crippen LogP contribution >= 0.6 is 0 Å². The molecule has 4 nitrogen and oxygen atoms in total. The van der Waals surface area contributed by atoms with Crippen molar-refractivity contribution < 1.29 is 8.42 Å². The quantitative estimate of drug-likeness (QED) is 0.826. The molecule has 0 aliphatic rings. The van der Waals surface area contributed by atoms with Crippen molar-refractivity contribution in [2.24, 2.45) is 5.73 Å². The van der Waals surface area contributed by atoms with Gasteiger partial charge in [-0.1, -0.05) is 12.1 Å². The minimum Gasteiger partial charge on any atom is -0.329 e. The van der Waals surface area contributed by atoms with Gasteiger partial charge in [-0.25, -0.2) is 8.42 Å². The molecule has 0 saturated heterocycles. The molecule has 0 spiro atoms. The van der Waals surface area contributed by atoms with E-state index in [9.17, 15) is 8.42 Å². The Morgan fingerprint density at radius 2 is 2.07 bits per heavy atom. The predicted octanol–water partition coefficient (Wildman–Crippen LogP) is 0.720. The lowest BCUT2D eigenvalue weighted by atomic mass is 10.2. The van der Waals surface area contributed by atoms with Crippen molar-refractivity contribution in [3.63, 3.8) is 0 Å². The number of hydrogen-bond acceptors (Lipinski definition) is 3. The largest absolute Gasteiger partial charge is 0.329 e. The number of hydrogen-bond donors (Lipinski definition) is 1. The summed E-state index contributed by atoms with van der Waals surface area (Å²) in [6.45, 7) is 2.54. The van der Waals surface area contributed by atoms with Gasteiger partial charge in [-0.15, -0.1) is 0 Å². The average Bonchev–Trinajstić information content (AvgIpc) is 2.12. The molecule has 0 unspecified atom stereocenters. The van der Waals surface area contributed by atoms with Gasteiger partial charge in [-0.3, -0.25) is 4.31 Å². The summed E-state index contributed by atoms with van der Waals surface area (Å²) in [6.07, 6.45) is 1.19. The minimum absolute atomic E-state index is 0.307. The minimum atomic E-state index is -3.24. The van der Waals surface area contributed by atoms with E-state index in [1.165, 1.54) is 10.6 Å². The molecule has 2 N–H and O–H groups in total. The fraction of sp³-hybridized carbons (Fsp3) is 0.400. The van der Waals surface area contributed by atoms with Crippen LogP contribution in [-0.4, -0.2) is 27.8 Å². The molecule has 0 aliphatic heterocycles. The third-order valence-corrected chi connectivity index (χ3v) is 3.22. The van der Waals surface area contributed by atoms with E-state index in [2.05, 4.69) is 0 Å². The number of anilines is 1. The third-order valence-electron chi connectivity index (χ3n) is 2.02. The number of benzene rings is 1. The highest BCUT2D eigenvalue weighted by atomic mass is 32.2. The first-order valence-corrected chi connectivity index (χ1v) is 6.54. The fourth-order valence-electron chi connectivity index (χ4n) is 1.39.